The number of oxazole rings is 1. The van der Waals surface area contributed by atoms with E-state index < -0.39 is 27.6 Å². The van der Waals surface area contributed by atoms with Gasteiger partial charge in [0, 0.05) is 0 Å². The van der Waals surface area contributed by atoms with E-state index in [4.69, 9.17) is 4.42 Å². The van der Waals surface area contributed by atoms with Crippen molar-refractivity contribution in [3.63, 3.8) is 0 Å². The Morgan fingerprint density at radius 3 is 2.31 bits per heavy atom. The van der Waals surface area contributed by atoms with Gasteiger partial charge in [0.1, 0.15) is 13.0 Å². The van der Waals surface area contributed by atoms with Gasteiger partial charge in [-0.1, -0.05) is 35.9 Å². The minimum atomic E-state index is -4.11. The molecule has 7 nitrogen and oxygen atoms in total. The van der Waals surface area contributed by atoms with Crippen molar-refractivity contribution in [3.05, 3.63) is 65.9 Å². The zero-order valence-electron chi connectivity index (χ0n) is 14.1. The molecular weight excluding hydrogens is 356 g/mol. The normalized spacial score (nSPS) is 11.3. The van der Waals surface area contributed by atoms with Gasteiger partial charge in [0.2, 0.25) is 0 Å². The van der Waals surface area contributed by atoms with Crippen LogP contribution in [0.25, 0.3) is 11.5 Å². The number of carbonyl (C=O) groups excluding carboxylic acids is 1. The summed E-state index contributed by atoms with van der Waals surface area (Å²) in [6, 6.07) is 14.7. The molecule has 0 fully saturated rings. The number of sulfonamides is 1. The minimum Gasteiger partial charge on any atom is -0.540 e. The van der Waals surface area contributed by atoms with Crippen LogP contribution in [0.2, 0.25) is 0 Å². The number of carbonyl (C=O) groups is 1. The number of rotatable bonds is 4. The second-order valence-electron chi connectivity index (χ2n) is 5.72. The molecule has 0 aliphatic carbocycles. The van der Waals surface area contributed by atoms with E-state index in [1.807, 2.05) is 11.6 Å². The van der Waals surface area contributed by atoms with Crippen LogP contribution in [0.1, 0.15) is 16.1 Å². The lowest BCUT2D eigenvalue weighted by Crippen LogP contribution is -2.42. The Morgan fingerprint density at radius 2 is 1.69 bits per heavy atom. The number of amides is 1. The van der Waals surface area contributed by atoms with Gasteiger partial charge >= 0.3 is 5.91 Å². The summed E-state index contributed by atoms with van der Waals surface area (Å²) in [6.07, 6.45) is 0. The Bertz CT molecular complexity index is 1050. The molecule has 3 rings (SSSR count). The van der Waals surface area contributed by atoms with Crippen LogP contribution in [-0.4, -0.2) is 14.3 Å². The third kappa shape index (κ3) is 3.31. The van der Waals surface area contributed by atoms with Crippen molar-refractivity contribution in [1.82, 2.24) is 4.72 Å². The molecule has 26 heavy (non-hydrogen) atoms. The number of hydrogen-bond acceptors (Lipinski definition) is 5. The van der Waals surface area contributed by atoms with Crippen LogP contribution < -0.4 is 14.4 Å². The maximum Gasteiger partial charge on any atom is 0.331 e. The molecule has 0 aliphatic rings. The molecule has 8 heteroatoms. The quantitative estimate of drug-likeness (QED) is 0.695. The van der Waals surface area contributed by atoms with Gasteiger partial charge in [-0.2, -0.15) is 4.57 Å². The Kier molecular flexibility index (Phi) is 4.52. The molecule has 1 amide bonds. The third-order valence-electron chi connectivity index (χ3n) is 3.82. The van der Waals surface area contributed by atoms with Gasteiger partial charge in [-0.05, 0) is 31.2 Å². The van der Waals surface area contributed by atoms with Crippen molar-refractivity contribution in [2.45, 2.75) is 11.8 Å². The van der Waals surface area contributed by atoms with Crippen molar-refractivity contribution in [2.75, 3.05) is 0 Å². The number of hydrogen-bond donors (Lipinski definition) is 1. The largest absolute Gasteiger partial charge is 0.540 e. The summed E-state index contributed by atoms with van der Waals surface area (Å²) in [5.41, 5.74) is 1.07. The highest BCUT2D eigenvalue weighted by Crippen LogP contribution is 2.22. The summed E-state index contributed by atoms with van der Waals surface area (Å²) in [7, 11) is -2.65. The molecule has 1 heterocycles. The first kappa shape index (κ1) is 17.7. The Labute approximate surface area is 150 Å². The SMILES string of the molecule is Cc1ccc(S(=O)(=O)NC(=O)c2c([O-])oc(-c3ccccc3)[n+]2C)cc1. The second-order valence-corrected chi connectivity index (χ2v) is 7.40. The van der Waals surface area contributed by atoms with E-state index in [9.17, 15) is 18.3 Å². The number of aryl methyl sites for hydroxylation is 1. The molecule has 0 saturated carbocycles. The molecule has 0 aliphatic heterocycles. The van der Waals surface area contributed by atoms with Crippen molar-refractivity contribution < 1.29 is 27.3 Å². The number of nitrogens with one attached hydrogen (secondary N) is 1. The summed E-state index contributed by atoms with van der Waals surface area (Å²) in [4.78, 5) is 12.3. The number of aromatic nitrogens is 1. The van der Waals surface area contributed by atoms with Crippen molar-refractivity contribution in [2.24, 2.45) is 7.05 Å². The van der Waals surface area contributed by atoms with Crippen LogP contribution in [0, 0.1) is 6.92 Å². The topological polar surface area (TPSA) is 103 Å². The molecule has 0 spiro atoms. The first-order valence-corrected chi connectivity index (χ1v) is 9.17. The molecular formula is C18H16N2O5S. The van der Waals surface area contributed by atoms with E-state index in [2.05, 4.69) is 0 Å². The lowest BCUT2D eigenvalue weighted by Gasteiger charge is -2.06. The first-order valence-electron chi connectivity index (χ1n) is 7.68. The molecule has 2 aromatic carbocycles. The maximum absolute atomic E-state index is 12.4. The van der Waals surface area contributed by atoms with Gasteiger partial charge < -0.3 is 9.52 Å². The van der Waals surface area contributed by atoms with Crippen LogP contribution in [0.3, 0.4) is 0 Å². The highest BCUT2D eigenvalue weighted by molar-refractivity contribution is 7.90. The molecule has 0 atom stereocenters. The summed E-state index contributed by atoms with van der Waals surface area (Å²) >= 11 is 0. The molecule has 1 N–H and O–H groups in total. The van der Waals surface area contributed by atoms with Gasteiger partial charge in [0.05, 0.1) is 10.5 Å². The smallest absolute Gasteiger partial charge is 0.331 e. The molecule has 0 bridgehead atoms. The van der Waals surface area contributed by atoms with Gasteiger partial charge in [0.25, 0.3) is 21.6 Å². The molecule has 134 valence electrons. The first-order chi connectivity index (χ1) is 12.3. The molecule has 0 saturated heterocycles. The highest BCUT2D eigenvalue weighted by atomic mass is 32.2. The van der Waals surface area contributed by atoms with E-state index in [0.717, 1.165) is 5.56 Å². The van der Waals surface area contributed by atoms with Crippen molar-refractivity contribution in [1.29, 1.82) is 0 Å². The fourth-order valence-electron chi connectivity index (χ4n) is 2.47. The number of nitrogens with zero attached hydrogens (tertiary/aromatic N) is 1. The van der Waals surface area contributed by atoms with E-state index in [1.165, 1.54) is 23.7 Å². The van der Waals surface area contributed by atoms with Crippen LogP contribution in [0.5, 0.6) is 5.95 Å². The van der Waals surface area contributed by atoms with Gasteiger partial charge in [-0.3, -0.25) is 4.79 Å². The lowest BCUT2D eigenvalue weighted by molar-refractivity contribution is -0.665. The Hall–Kier alpha value is -3.13. The number of benzene rings is 2. The van der Waals surface area contributed by atoms with Crippen LogP contribution in [0.15, 0.2) is 63.9 Å². The zero-order chi connectivity index (χ0) is 18.9. The average Bonchev–Trinajstić information content (AvgIpc) is 2.90. The Morgan fingerprint density at radius 1 is 1.08 bits per heavy atom. The van der Waals surface area contributed by atoms with Crippen molar-refractivity contribution >= 4 is 15.9 Å². The van der Waals surface area contributed by atoms with E-state index in [0.29, 0.717) is 5.56 Å². The summed E-state index contributed by atoms with van der Waals surface area (Å²) in [5, 5.41) is 12.1. The predicted molar refractivity (Wildman–Crippen MR) is 90.6 cm³/mol. The fraction of sp³-hybridized carbons (Fsp3) is 0.111. The van der Waals surface area contributed by atoms with Crippen LogP contribution >= 0.6 is 0 Å². The highest BCUT2D eigenvalue weighted by Gasteiger charge is 2.29. The third-order valence-corrected chi connectivity index (χ3v) is 5.16. The summed E-state index contributed by atoms with van der Waals surface area (Å²) in [5.74, 6) is -1.81. The van der Waals surface area contributed by atoms with E-state index >= 15 is 0 Å². The van der Waals surface area contributed by atoms with Gasteiger partial charge in [-0.25, -0.2) is 13.1 Å². The zero-order valence-corrected chi connectivity index (χ0v) is 14.9. The molecule has 0 unspecified atom stereocenters. The van der Waals surface area contributed by atoms with Crippen molar-refractivity contribution in [3.8, 4) is 17.4 Å². The Balaban J connectivity index is 1.93. The average molecular weight is 372 g/mol. The summed E-state index contributed by atoms with van der Waals surface area (Å²) < 4.78 is 33.0. The maximum atomic E-state index is 12.4. The molecule has 1 aromatic heterocycles. The van der Waals surface area contributed by atoms with E-state index in [-0.39, 0.29) is 10.8 Å². The predicted octanol–water partition coefficient (Wildman–Crippen LogP) is 1.27. The van der Waals surface area contributed by atoms with Crippen LogP contribution in [-0.2, 0) is 17.1 Å². The lowest BCUT2D eigenvalue weighted by atomic mass is 10.2. The fourth-order valence-corrected chi connectivity index (χ4v) is 3.42. The van der Waals surface area contributed by atoms with Crippen LogP contribution in [0.4, 0.5) is 0 Å². The van der Waals surface area contributed by atoms with E-state index in [1.54, 1.807) is 42.5 Å². The summed E-state index contributed by atoms with van der Waals surface area (Å²) in [6.45, 7) is 1.81. The van der Waals surface area contributed by atoms with Gasteiger partial charge in [0.15, 0.2) is 0 Å². The minimum absolute atomic E-state index is 0.0710. The monoisotopic (exact) mass is 372 g/mol. The second kappa shape index (κ2) is 6.64. The van der Waals surface area contributed by atoms with Gasteiger partial charge in [-0.15, -0.1) is 0 Å². The standard InChI is InChI=1S/C18H16N2O5S/c1-12-8-10-14(11-9-12)26(23,24)19-16(21)15-18(22)25-17(20(15)2)13-6-4-3-5-7-13/h3-11H,1-2H3,(H-,19,21,22). The molecule has 3 aromatic rings. The molecule has 0 radical (unpaired) electrons.